The van der Waals surface area contributed by atoms with Crippen LogP contribution in [-0.2, 0) is 5.41 Å². The molecule has 1 fully saturated rings. The van der Waals surface area contributed by atoms with Crippen molar-refractivity contribution in [1.29, 1.82) is 0 Å². The summed E-state index contributed by atoms with van der Waals surface area (Å²) in [4.78, 5) is 28.8. The van der Waals surface area contributed by atoms with Crippen LogP contribution in [0.25, 0.3) is 0 Å². The molecule has 2 heterocycles. The van der Waals surface area contributed by atoms with Crippen molar-refractivity contribution in [2.45, 2.75) is 38.5 Å². The number of nitrogens with zero attached hydrogens (tertiary/aromatic N) is 2. The Kier molecular flexibility index (Phi) is 5.07. The summed E-state index contributed by atoms with van der Waals surface area (Å²) < 4.78 is 0. The van der Waals surface area contributed by atoms with Crippen LogP contribution >= 0.6 is 0 Å². The van der Waals surface area contributed by atoms with Crippen LogP contribution in [0, 0.1) is 6.92 Å². The number of likely N-dealkylation sites (tertiary alicyclic amines) is 1. The Bertz CT molecular complexity index is 862. The first-order valence-corrected chi connectivity index (χ1v) is 10.2. The first kappa shape index (κ1) is 18.9. The standard InChI is InChI=1S/C24H28N2O2/c1-18-8-3-6-11-21(18)24(2)12-16-25(17-13-24)14-7-15-26-22(27)19-9-4-5-10-20(19)23(26)28/h3-6,8-11H,7,12-17H2,1-2H3. The van der Waals surface area contributed by atoms with Crippen LogP contribution in [-0.4, -0.2) is 47.8 Å². The molecule has 0 N–H and O–H groups in total. The molecule has 0 atom stereocenters. The molecule has 4 heteroatoms. The number of aryl methyl sites for hydroxylation is 1. The van der Waals surface area contributed by atoms with Crippen molar-refractivity contribution in [2.24, 2.45) is 0 Å². The summed E-state index contributed by atoms with van der Waals surface area (Å²) in [6.45, 7) is 8.13. The van der Waals surface area contributed by atoms with E-state index in [-0.39, 0.29) is 17.2 Å². The summed E-state index contributed by atoms with van der Waals surface area (Å²) in [6, 6.07) is 15.8. The number of rotatable bonds is 5. The molecule has 0 bridgehead atoms. The van der Waals surface area contributed by atoms with Crippen LogP contribution < -0.4 is 0 Å². The van der Waals surface area contributed by atoms with Gasteiger partial charge in [-0.3, -0.25) is 14.5 Å². The maximum atomic E-state index is 12.5. The molecule has 2 aliphatic heterocycles. The fourth-order valence-corrected chi connectivity index (χ4v) is 4.68. The van der Waals surface area contributed by atoms with Gasteiger partial charge in [0.1, 0.15) is 0 Å². The molecule has 0 aliphatic carbocycles. The van der Waals surface area contributed by atoms with Crippen LogP contribution in [0.4, 0.5) is 0 Å². The van der Waals surface area contributed by atoms with Crippen molar-refractivity contribution in [3.8, 4) is 0 Å². The summed E-state index contributed by atoms with van der Waals surface area (Å²) >= 11 is 0. The average molecular weight is 377 g/mol. The monoisotopic (exact) mass is 376 g/mol. The van der Waals surface area contributed by atoms with Gasteiger partial charge in [-0.1, -0.05) is 43.3 Å². The smallest absolute Gasteiger partial charge is 0.261 e. The van der Waals surface area contributed by atoms with Crippen molar-refractivity contribution in [2.75, 3.05) is 26.2 Å². The second-order valence-corrected chi connectivity index (χ2v) is 8.38. The Hall–Kier alpha value is -2.46. The highest BCUT2D eigenvalue weighted by atomic mass is 16.2. The molecule has 0 aromatic heterocycles. The van der Waals surface area contributed by atoms with E-state index in [1.165, 1.54) is 16.0 Å². The van der Waals surface area contributed by atoms with Crippen molar-refractivity contribution >= 4 is 11.8 Å². The second-order valence-electron chi connectivity index (χ2n) is 8.38. The molecule has 0 spiro atoms. The van der Waals surface area contributed by atoms with Gasteiger partial charge in [0, 0.05) is 6.54 Å². The van der Waals surface area contributed by atoms with Gasteiger partial charge in [0.15, 0.2) is 0 Å². The molecule has 2 aromatic carbocycles. The van der Waals surface area contributed by atoms with Gasteiger partial charge >= 0.3 is 0 Å². The number of hydrogen-bond donors (Lipinski definition) is 0. The van der Waals surface area contributed by atoms with Gasteiger partial charge in [-0.15, -0.1) is 0 Å². The van der Waals surface area contributed by atoms with E-state index >= 15 is 0 Å². The Morgan fingerprint density at radius 3 is 2.04 bits per heavy atom. The lowest BCUT2D eigenvalue weighted by atomic mass is 9.73. The molecular weight excluding hydrogens is 348 g/mol. The van der Waals surface area contributed by atoms with Crippen LogP contribution in [0.2, 0.25) is 0 Å². The van der Waals surface area contributed by atoms with E-state index in [9.17, 15) is 9.59 Å². The van der Waals surface area contributed by atoms with Gasteiger partial charge in [0.2, 0.25) is 0 Å². The van der Waals surface area contributed by atoms with Gasteiger partial charge in [-0.2, -0.15) is 0 Å². The predicted octanol–water partition coefficient (Wildman–Crippen LogP) is 4.03. The van der Waals surface area contributed by atoms with Gasteiger partial charge in [-0.25, -0.2) is 0 Å². The van der Waals surface area contributed by atoms with Crippen LogP contribution in [0.1, 0.15) is 58.0 Å². The van der Waals surface area contributed by atoms with E-state index in [1.807, 2.05) is 12.1 Å². The molecule has 146 valence electrons. The summed E-state index contributed by atoms with van der Waals surface area (Å²) in [6.07, 6.45) is 3.11. The lowest BCUT2D eigenvalue weighted by Crippen LogP contribution is -2.42. The zero-order valence-electron chi connectivity index (χ0n) is 16.8. The lowest BCUT2D eigenvalue weighted by molar-refractivity contribution is 0.0644. The normalized spacial score (nSPS) is 19.1. The quantitative estimate of drug-likeness (QED) is 0.740. The zero-order chi connectivity index (χ0) is 19.7. The number of imide groups is 1. The number of carbonyl (C=O) groups is 2. The number of fused-ring (bicyclic) bond motifs is 1. The molecule has 4 rings (SSSR count). The third-order valence-corrected chi connectivity index (χ3v) is 6.49. The van der Waals surface area contributed by atoms with E-state index in [2.05, 4.69) is 43.0 Å². The zero-order valence-corrected chi connectivity index (χ0v) is 16.8. The fraction of sp³-hybridized carbons (Fsp3) is 0.417. The highest BCUT2D eigenvalue weighted by Crippen LogP contribution is 2.36. The van der Waals surface area contributed by atoms with E-state index in [0.717, 1.165) is 38.9 Å². The van der Waals surface area contributed by atoms with Crippen LogP contribution in [0.15, 0.2) is 48.5 Å². The molecule has 28 heavy (non-hydrogen) atoms. The Balaban J connectivity index is 1.29. The molecule has 2 aromatic rings. The molecule has 2 aliphatic rings. The average Bonchev–Trinajstić information content (AvgIpc) is 2.95. The Labute approximate surface area is 167 Å². The van der Waals surface area contributed by atoms with Gasteiger partial charge < -0.3 is 4.90 Å². The van der Waals surface area contributed by atoms with E-state index in [0.29, 0.717) is 17.7 Å². The molecule has 0 radical (unpaired) electrons. The highest BCUT2D eigenvalue weighted by Gasteiger charge is 2.35. The minimum atomic E-state index is -0.147. The number of carbonyl (C=O) groups excluding carboxylic acids is 2. The number of piperidine rings is 1. The minimum Gasteiger partial charge on any atom is -0.303 e. The SMILES string of the molecule is Cc1ccccc1C1(C)CCN(CCCN2C(=O)c3ccccc3C2=O)CC1. The van der Waals surface area contributed by atoms with Gasteiger partial charge in [0.25, 0.3) is 11.8 Å². The van der Waals surface area contributed by atoms with Crippen LogP contribution in [0.3, 0.4) is 0 Å². The lowest BCUT2D eigenvalue weighted by Gasteiger charge is -2.40. The summed E-state index contributed by atoms with van der Waals surface area (Å²) in [5.74, 6) is -0.294. The molecule has 4 nitrogen and oxygen atoms in total. The summed E-state index contributed by atoms with van der Waals surface area (Å²) in [5, 5.41) is 0. The maximum absolute atomic E-state index is 12.5. The first-order valence-electron chi connectivity index (χ1n) is 10.2. The number of hydrogen-bond acceptors (Lipinski definition) is 3. The van der Waals surface area contributed by atoms with Crippen molar-refractivity contribution in [3.63, 3.8) is 0 Å². The highest BCUT2D eigenvalue weighted by molar-refractivity contribution is 6.21. The maximum Gasteiger partial charge on any atom is 0.261 e. The van der Waals surface area contributed by atoms with Crippen molar-refractivity contribution in [3.05, 3.63) is 70.8 Å². The topological polar surface area (TPSA) is 40.6 Å². The molecule has 2 amide bonds. The third-order valence-electron chi connectivity index (χ3n) is 6.49. The molecule has 1 saturated heterocycles. The van der Waals surface area contributed by atoms with Gasteiger partial charge in [-0.05, 0) is 74.5 Å². The van der Waals surface area contributed by atoms with E-state index in [1.54, 1.807) is 12.1 Å². The fourth-order valence-electron chi connectivity index (χ4n) is 4.68. The first-order chi connectivity index (χ1) is 13.5. The van der Waals surface area contributed by atoms with E-state index in [4.69, 9.17) is 0 Å². The Morgan fingerprint density at radius 1 is 0.857 bits per heavy atom. The summed E-state index contributed by atoms with van der Waals surface area (Å²) in [5.41, 5.74) is 4.17. The largest absolute Gasteiger partial charge is 0.303 e. The third kappa shape index (κ3) is 3.37. The predicted molar refractivity (Wildman–Crippen MR) is 111 cm³/mol. The summed E-state index contributed by atoms with van der Waals surface area (Å²) in [7, 11) is 0. The number of benzene rings is 2. The van der Waals surface area contributed by atoms with E-state index < -0.39 is 0 Å². The van der Waals surface area contributed by atoms with Gasteiger partial charge in [0.05, 0.1) is 11.1 Å². The minimum absolute atomic E-state index is 0.147. The van der Waals surface area contributed by atoms with Crippen LogP contribution in [0.5, 0.6) is 0 Å². The second kappa shape index (κ2) is 7.51. The molecule has 0 saturated carbocycles. The molecule has 0 unspecified atom stereocenters. The Morgan fingerprint density at radius 2 is 1.43 bits per heavy atom. The van der Waals surface area contributed by atoms with Crippen molar-refractivity contribution in [1.82, 2.24) is 9.80 Å². The molecular formula is C24H28N2O2. The van der Waals surface area contributed by atoms with Crippen molar-refractivity contribution < 1.29 is 9.59 Å². The number of amides is 2.